The van der Waals surface area contributed by atoms with Gasteiger partial charge in [-0.15, -0.1) is 11.3 Å². The Labute approximate surface area is 134 Å². The lowest BCUT2D eigenvalue weighted by atomic mass is 9.96. The largest absolute Gasteiger partial charge is 0.479 e. The quantitative estimate of drug-likeness (QED) is 0.935. The zero-order valence-electron chi connectivity index (χ0n) is 12.9. The van der Waals surface area contributed by atoms with Gasteiger partial charge in [-0.05, 0) is 62.8 Å². The first kappa shape index (κ1) is 15.0. The number of hydrogen-bond donors (Lipinski definition) is 1. The topological polar surface area (TPSA) is 51.2 Å². The summed E-state index contributed by atoms with van der Waals surface area (Å²) in [6, 6.07) is 3.59. The Hall–Kier alpha value is -1.88. The molecule has 0 saturated heterocycles. The summed E-state index contributed by atoms with van der Waals surface area (Å²) in [5.74, 6) is 0.484. The fourth-order valence-corrected chi connectivity index (χ4v) is 4.03. The van der Waals surface area contributed by atoms with Crippen molar-refractivity contribution in [2.24, 2.45) is 0 Å². The first-order chi connectivity index (χ1) is 10.6. The molecule has 0 aromatic carbocycles. The van der Waals surface area contributed by atoms with Crippen molar-refractivity contribution < 1.29 is 9.53 Å². The van der Waals surface area contributed by atoms with Gasteiger partial charge in [0.25, 0.3) is 5.91 Å². The van der Waals surface area contributed by atoms with Gasteiger partial charge >= 0.3 is 0 Å². The molecule has 1 amide bonds. The third-order valence-electron chi connectivity index (χ3n) is 3.99. The van der Waals surface area contributed by atoms with Crippen molar-refractivity contribution in [2.75, 3.05) is 5.32 Å². The van der Waals surface area contributed by atoms with E-state index in [4.69, 9.17) is 4.74 Å². The van der Waals surface area contributed by atoms with Crippen molar-refractivity contribution in [1.82, 2.24) is 4.98 Å². The summed E-state index contributed by atoms with van der Waals surface area (Å²) in [5.41, 5.74) is 2.66. The highest BCUT2D eigenvalue weighted by molar-refractivity contribution is 7.16. The molecule has 0 bridgehead atoms. The van der Waals surface area contributed by atoms with E-state index in [-0.39, 0.29) is 5.91 Å². The predicted molar refractivity (Wildman–Crippen MR) is 88.7 cm³/mol. The van der Waals surface area contributed by atoms with E-state index in [1.54, 1.807) is 42.8 Å². The van der Waals surface area contributed by atoms with Crippen LogP contribution in [0, 0.1) is 6.92 Å². The molecule has 1 N–H and O–H groups in total. The number of thiophene rings is 1. The SMILES string of the molecule is Cc1c(NC(=O)C(C)Oc2cccnc2)sc2c1CCCC2. The van der Waals surface area contributed by atoms with Crippen LogP contribution in [0.25, 0.3) is 0 Å². The number of anilines is 1. The second kappa shape index (κ2) is 6.48. The molecule has 4 nitrogen and oxygen atoms in total. The lowest BCUT2D eigenvalue weighted by Crippen LogP contribution is -2.30. The third-order valence-corrected chi connectivity index (χ3v) is 5.30. The molecule has 0 fully saturated rings. The van der Waals surface area contributed by atoms with Crippen LogP contribution in [0.2, 0.25) is 0 Å². The maximum Gasteiger partial charge on any atom is 0.265 e. The second-order valence-corrected chi connectivity index (χ2v) is 6.71. The zero-order chi connectivity index (χ0) is 15.5. The Morgan fingerprint density at radius 2 is 2.23 bits per heavy atom. The van der Waals surface area contributed by atoms with Gasteiger partial charge in [0.2, 0.25) is 0 Å². The molecule has 116 valence electrons. The molecular formula is C17H20N2O2S. The fourth-order valence-electron chi connectivity index (χ4n) is 2.73. The van der Waals surface area contributed by atoms with Gasteiger partial charge in [-0.3, -0.25) is 9.78 Å². The number of nitrogens with one attached hydrogen (secondary N) is 1. The number of rotatable bonds is 4. The summed E-state index contributed by atoms with van der Waals surface area (Å²) >= 11 is 1.71. The lowest BCUT2D eigenvalue weighted by Gasteiger charge is -2.14. The van der Waals surface area contributed by atoms with Gasteiger partial charge in [0.1, 0.15) is 5.75 Å². The zero-order valence-corrected chi connectivity index (χ0v) is 13.7. The number of ether oxygens (including phenoxy) is 1. The average Bonchev–Trinajstić information content (AvgIpc) is 2.85. The maximum atomic E-state index is 12.3. The van der Waals surface area contributed by atoms with Gasteiger partial charge < -0.3 is 10.1 Å². The van der Waals surface area contributed by atoms with Gasteiger partial charge in [-0.2, -0.15) is 0 Å². The highest BCUT2D eigenvalue weighted by Gasteiger charge is 2.21. The molecule has 0 aliphatic heterocycles. The molecule has 1 atom stereocenters. The number of fused-ring (bicyclic) bond motifs is 1. The van der Waals surface area contributed by atoms with Gasteiger partial charge in [0, 0.05) is 11.1 Å². The summed E-state index contributed by atoms with van der Waals surface area (Å²) in [6.07, 6.45) is 7.51. The second-order valence-electron chi connectivity index (χ2n) is 5.60. The smallest absolute Gasteiger partial charge is 0.265 e. The van der Waals surface area contributed by atoms with E-state index < -0.39 is 6.10 Å². The highest BCUT2D eigenvalue weighted by atomic mass is 32.1. The molecule has 0 radical (unpaired) electrons. The molecule has 1 aliphatic rings. The number of aryl methyl sites for hydroxylation is 1. The third kappa shape index (κ3) is 3.14. The van der Waals surface area contributed by atoms with Gasteiger partial charge in [0.05, 0.1) is 11.2 Å². The minimum atomic E-state index is -0.553. The molecule has 1 aliphatic carbocycles. The van der Waals surface area contributed by atoms with E-state index in [2.05, 4.69) is 17.2 Å². The van der Waals surface area contributed by atoms with E-state index in [1.807, 2.05) is 0 Å². The number of pyridine rings is 1. The van der Waals surface area contributed by atoms with Crippen LogP contribution in [0.4, 0.5) is 5.00 Å². The molecule has 3 rings (SSSR count). The van der Waals surface area contributed by atoms with Crippen LogP contribution in [0.5, 0.6) is 5.75 Å². The molecule has 0 spiro atoms. The minimum Gasteiger partial charge on any atom is -0.479 e. The molecule has 2 heterocycles. The number of aromatic nitrogens is 1. The maximum absolute atomic E-state index is 12.3. The molecule has 2 aromatic rings. The summed E-state index contributed by atoms with van der Waals surface area (Å²) < 4.78 is 5.62. The molecule has 0 saturated carbocycles. The van der Waals surface area contributed by atoms with Crippen LogP contribution in [-0.4, -0.2) is 17.0 Å². The Balaban J connectivity index is 1.68. The van der Waals surface area contributed by atoms with E-state index in [1.165, 1.54) is 28.8 Å². The normalized spacial score (nSPS) is 15.0. The highest BCUT2D eigenvalue weighted by Crippen LogP contribution is 2.37. The van der Waals surface area contributed by atoms with E-state index >= 15 is 0 Å². The standard InChI is InChI=1S/C17H20N2O2S/c1-11-14-7-3-4-8-15(14)22-17(11)19-16(20)12(2)21-13-6-5-9-18-10-13/h5-6,9-10,12H,3-4,7-8H2,1-2H3,(H,19,20). The summed E-state index contributed by atoms with van der Waals surface area (Å²) in [5, 5.41) is 3.99. The van der Waals surface area contributed by atoms with Gasteiger partial charge in [-0.25, -0.2) is 0 Å². The number of amides is 1. The monoisotopic (exact) mass is 316 g/mol. The van der Waals surface area contributed by atoms with Crippen LogP contribution < -0.4 is 10.1 Å². The average molecular weight is 316 g/mol. The summed E-state index contributed by atoms with van der Waals surface area (Å²) in [4.78, 5) is 17.7. The first-order valence-electron chi connectivity index (χ1n) is 7.64. The Kier molecular flexibility index (Phi) is 4.43. The van der Waals surface area contributed by atoms with Crippen molar-refractivity contribution in [3.63, 3.8) is 0 Å². The summed E-state index contributed by atoms with van der Waals surface area (Å²) in [7, 11) is 0. The number of carbonyl (C=O) groups excluding carboxylic acids is 1. The van der Waals surface area contributed by atoms with Crippen LogP contribution in [0.3, 0.4) is 0 Å². The van der Waals surface area contributed by atoms with Crippen molar-refractivity contribution in [3.05, 3.63) is 40.5 Å². The molecule has 2 aromatic heterocycles. The summed E-state index contributed by atoms with van der Waals surface area (Å²) in [6.45, 7) is 3.86. The Bertz CT molecular complexity index is 667. The van der Waals surface area contributed by atoms with Crippen molar-refractivity contribution >= 4 is 22.2 Å². The van der Waals surface area contributed by atoms with Crippen molar-refractivity contribution in [1.29, 1.82) is 0 Å². The fraction of sp³-hybridized carbons (Fsp3) is 0.412. The predicted octanol–water partition coefficient (Wildman–Crippen LogP) is 3.74. The molecule has 5 heteroatoms. The van der Waals surface area contributed by atoms with Crippen LogP contribution in [0.1, 0.15) is 35.8 Å². The number of nitrogens with zero attached hydrogens (tertiary/aromatic N) is 1. The number of hydrogen-bond acceptors (Lipinski definition) is 4. The Morgan fingerprint density at radius 3 is 2.95 bits per heavy atom. The Morgan fingerprint density at radius 1 is 1.41 bits per heavy atom. The van der Waals surface area contributed by atoms with Crippen LogP contribution in [-0.2, 0) is 17.6 Å². The molecule has 1 unspecified atom stereocenters. The van der Waals surface area contributed by atoms with Crippen molar-refractivity contribution in [3.8, 4) is 5.75 Å². The van der Waals surface area contributed by atoms with Crippen LogP contribution in [0.15, 0.2) is 24.5 Å². The van der Waals surface area contributed by atoms with Gasteiger partial charge in [0.15, 0.2) is 6.10 Å². The minimum absolute atomic E-state index is 0.120. The molecule has 22 heavy (non-hydrogen) atoms. The van der Waals surface area contributed by atoms with Gasteiger partial charge in [-0.1, -0.05) is 0 Å². The van der Waals surface area contributed by atoms with E-state index in [0.29, 0.717) is 5.75 Å². The van der Waals surface area contributed by atoms with Crippen LogP contribution >= 0.6 is 11.3 Å². The van der Waals surface area contributed by atoms with Crippen molar-refractivity contribution in [2.45, 2.75) is 45.6 Å². The van der Waals surface area contributed by atoms with E-state index in [9.17, 15) is 4.79 Å². The molecular weight excluding hydrogens is 296 g/mol. The first-order valence-corrected chi connectivity index (χ1v) is 8.45. The number of carbonyl (C=O) groups is 1. The van der Waals surface area contributed by atoms with E-state index in [0.717, 1.165) is 17.8 Å². The lowest BCUT2D eigenvalue weighted by molar-refractivity contribution is -0.122.